The van der Waals surface area contributed by atoms with Crippen molar-refractivity contribution in [3.8, 4) is 11.5 Å². The summed E-state index contributed by atoms with van der Waals surface area (Å²) >= 11 is 4.65. The molecule has 0 saturated heterocycles. The SMILES string of the molecule is COc1cc(C(=O)NC(N)=S)ccc1OCc1cccc(C)c1. The zero-order chi connectivity index (χ0) is 16.8. The van der Waals surface area contributed by atoms with Gasteiger partial charge in [-0.15, -0.1) is 0 Å². The fourth-order valence-electron chi connectivity index (χ4n) is 2.08. The Morgan fingerprint density at radius 3 is 2.65 bits per heavy atom. The van der Waals surface area contributed by atoms with E-state index < -0.39 is 0 Å². The monoisotopic (exact) mass is 330 g/mol. The van der Waals surface area contributed by atoms with E-state index in [-0.39, 0.29) is 11.0 Å². The van der Waals surface area contributed by atoms with Crippen LogP contribution in [0.15, 0.2) is 42.5 Å². The van der Waals surface area contributed by atoms with Crippen LogP contribution in [0.5, 0.6) is 11.5 Å². The summed E-state index contributed by atoms with van der Waals surface area (Å²) in [6.07, 6.45) is 0. The Morgan fingerprint density at radius 2 is 2.00 bits per heavy atom. The molecule has 2 rings (SSSR count). The fourth-order valence-corrected chi connectivity index (χ4v) is 2.17. The Labute approximate surface area is 140 Å². The molecule has 120 valence electrons. The first-order valence-corrected chi connectivity index (χ1v) is 7.37. The highest BCUT2D eigenvalue weighted by Gasteiger charge is 2.12. The van der Waals surface area contributed by atoms with Crippen LogP contribution in [0.3, 0.4) is 0 Å². The number of methoxy groups -OCH3 is 1. The van der Waals surface area contributed by atoms with Gasteiger partial charge in [0.25, 0.3) is 5.91 Å². The second-order valence-electron chi connectivity index (χ2n) is 4.96. The molecule has 0 aliphatic rings. The summed E-state index contributed by atoms with van der Waals surface area (Å²) in [7, 11) is 1.52. The van der Waals surface area contributed by atoms with E-state index in [1.54, 1.807) is 18.2 Å². The van der Waals surface area contributed by atoms with E-state index in [1.165, 1.54) is 12.7 Å². The Kier molecular flexibility index (Phi) is 5.54. The van der Waals surface area contributed by atoms with Crippen molar-refractivity contribution in [3.63, 3.8) is 0 Å². The van der Waals surface area contributed by atoms with Crippen molar-refractivity contribution in [2.75, 3.05) is 7.11 Å². The minimum atomic E-state index is -0.388. The number of nitrogens with one attached hydrogen (secondary N) is 1. The lowest BCUT2D eigenvalue weighted by Crippen LogP contribution is -2.34. The number of amides is 1. The highest BCUT2D eigenvalue weighted by molar-refractivity contribution is 7.80. The molecule has 23 heavy (non-hydrogen) atoms. The van der Waals surface area contributed by atoms with Crippen LogP contribution in [-0.2, 0) is 6.61 Å². The average molecular weight is 330 g/mol. The lowest BCUT2D eigenvalue weighted by atomic mass is 10.1. The highest BCUT2D eigenvalue weighted by atomic mass is 32.1. The minimum absolute atomic E-state index is 0.0752. The van der Waals surface area contributed by atoms with E-state index in [0.717, 1.165) is 5.56 Å². The predicted octanol–water partition coefficient (Wildman–Crippen LogP) is 2.56. The summed E-state index contributed by atoms with van der Waals surface area (Å²) < 4.78 is 11.1. The molecule has 0 heterocycles. The lowest BCUT2D eigenvalue weighted by molar-refractivity contribution is 0.0977. The van der Waals surface area contributed by atoms with Gasteiger partial charge in [0.15, 0.2) is 16.6 Å². The third kappa shape index (κ3) is 4.69. The number of carbonyl (C=O) groups excluding carboxylic acids is 1. The zero-order valence-corrected chi connectivity index (χ0v) is 13.8. The van der Waals surface area contributed by atoms with Crippen LogP contribution in [0, 0.1) is 6.92 Å². The third-order valence-electron chi connectivity index (χ3n) is 3.14. The number of hydrogen-bond acceptors (Lipinski definition) is 4. The quantitative estimate of drug-likeness (QED) is 0.824. The number of aryl methyl sites for hydroxylation is 1. The molecule has 0 aromatic heterocycles. The van der Waals surface area contributed by atoms with Gasteiger partial charge in [-0.25, -0.2) is 0 Å². The predicted molar refractivity (Wildman–Crippen MR) is 92.8 cm³/mol. The van der Waals surface area contributed by atoms with Crippen LogP contribution in [-0.4, -0.2) is 18.1 Å². The molecule has 1 amide bonds. The van der Waals surface area contributed by atoms with Gasteiger partial charge in [-0.3, -0.25) is 10.1 Å². The van der Waals surface area contributed by atoms with Crippen LogP contribution >= 0.6 is 12.2 Å². The number of benzene rings is 2. The summed E-state index contributed by atoms with van der Waals surface area (Å²) in [5.74, 6) is 0.634. The van der Waals surface area contributed by atoms with Crippen LogP contribution in [0.1, 0.15) is 21.5 Å². The number of ether oxygens (including phenoxy) is 2. The van der Waals surface area contributed by atoms with Gasteiger partial charge < -0.3 is 15.2 Å². The maximum Gasteiger partial charge on any atom is 0.257 e. The summed E-state index contributed by atoms with van der Waals surface area (Å²) in [4.78, 5) is 11.9. The first-order chi connectivity index (χ1) is 11.0. The van der Waals surface area contributed by atoms with Gasteiger partial charge in [0, 0.05) is 5.56 Å². The second kappa shape index (κ2) is 7.60. The summed E-state index contributed by atoms with van der Waals surface area (Å²) in [5, 5.41) is 2.29. The van der Waals surface area contributed by atoms with Crippen molar-refractivity contribution < 1.29 is 14.3 Å². The molecule has 3 N–H and O–H groups in total. The molecule has 2 aromatic carbocycles. The molecule has 0 saturated carbocycles. The molecular weight excluding hydrogens is 312 g/mol. The summed E-state index contributed by atoms with van der Waals surface area (Å²) in [5.41, 5.74) is 7.91. The van der Waals surface area contributed by atoms with E-state index in [0.29, 0.717) is 23.7 Å². The number of hydrogen-bond donors (Lipinski definition) is 2. The van der Waals surface area contributed by atoms with Gasteiger partial charge >= 0.3 is 0 Å². The van der Waals surface area contributed by atoms with Crippen molar-refractivity contribution in [1.29, 1.82) is 0 Å². The summed E-state index contributed by atoms with van der Waals surface area (Å²) in [6, 6.07) is 12.9. The molecule has 0 spiro atoms. The highest BCUT2D eigenvalue weighted by Crippen LogP contribution is 2.28. The lowest BCUT2D eigenvalue weighted by Gasteiger charge is -2.12. The molecule has 0 unspecified atom stereocenters. The molecule has 5 nitrogen and oxygen atoms in total. The van der Waals surface area contributed by atoms with Gasteiger partial charge in [-0.2, -0.15) is 0 Å². The Bertz CT molecular complexity index is 732. The van der Waals surface area contributed by atoms with Gasteiger partial charge in [-0.05, 0) is 42.9 Å². The van der Waals surface area contributed by atoms with Crippen molar-refractivity contribution in [3.05, 3.63) is 59.2 Å². The third-order valence-corrected chi connectivity index (χ3v) is 3.24. The van der Waals surface area contributed by atoms with E-state index in [1.807, 2.05) is 25.1 Å². The molecule has 6 heteroatoms. The largest absolute Gasteiger partial charge is 0.493 e. The number of carbonyl (C=O) groups is 1. The van der Waals surface area contributed by atoms with Crippen LogP contribution in [0.2, 0.25) is 0 Å². The molecule has 0 aliphatic carbocycles. The molecule has 0 bridgehead atoms. The smallest absolute Gasteiger partial charge is 0.257 e. The molecule has 0 atom stereocenters. The average Bonchev–Trinajstić information content (AvgIpc) is 2.52. The van der Waals surface area contributed by atoms with Gasteiger partial charge in [0.2, 0.25) is 0 Å². The van der Waals surface area contributed by atoms with E-state index in [4.69, 9.17) is 15.2 Å². The van der Waals surface area contributed by atoms with Crippen LogP contribution < -0.4 is 20.5 Å². The van der Waals surface area contributed by atoms with Crippen LogP contribution in [0.4, 0.5) is 0 Å². The molecule has 2 aromatic rings. The zero-order valence-electron chi connectivity index (χ0n) is 13.0. The maximum absolute atomic E-state index is 11.9. The molecular formula is C17H18N2O3S. The van der Waals surface area contributed by atoms with Crippen molar-refractivity contribution in [2.45, 2.75) is 13.5 Å². The number of rotatable bonds is 5. The van der Waals surface area contributed by atoms with Crippen molar-refractivity contribution in [2.24, 2.45) is 5.73 Å². The summed E-state index contributed by atoms with van der Waals surface area (Å²) in [6.45, 7) is 2.44. The maximum atomic E-state index is 11.9. The number of thiocarbonyl (C=S) groups is 1. The Morgan fingerprint density at radius 1 is 1.22 bits per heavy atom. The first kappa shape index (κ1) is 16.8. The van der Waals surface area contributed by atoms with Gasteiger partial charge in [0.05, 0.1) is 7.11 Å². The molecule has 0 aliphatic heterocycles. The fraction of sp³-hybridized carbons (Fsp3) is 0.176. The van der Waals surface area contributed by atoms with E-state index in [2.05, 4.69) is 23.6 Å². The van der Waals surface area contributed by atoms with E-state index in [9.17, 15) is 4.79 Å². The minimum Gasteiger partial charge on any atom is -0.493 e. The topological polar surface area (TPSA) is 73.6 Å². The molecule has 0 fully saturated rings. The van der Waals surface area contributed by atoms with Crippen molar-refractivity contribution in [1.82, 2.24) is 5.32 Å². The van der Waals surface area contributed by atoms with Gasteiger partial charge in [-0.1, -0.05) is 29.8 Å². The van der Waals surface area contributed by atoms with E-state index >= 15 is 0 Å². The Balaban J connectivity index is 2.13. The number of nitrogens with two attached hydrogens (primary N) is 1. The second-order valence-corrected chi connectivity index (χ2v) is 5.40. The molecule has 0 radical (unpaired) electrons. The van der Waals surface area contributed by atoms with Crippen LogP contribution in [0.25, 0.3) is 0 Å². The standard InChI is InChI=1S/C17H18N2O3S/c1-11-4-3-5-12(8-11)10-22-14-7-6-13(9-15(14)21-2)16(20)19-17(18)23/h3-9H,10H2,1-2H3,(H3,18,19,20,23). The Hall–Kier alpha value is -2.60. The normalized spacial score (nSPS) is 10.0. The van der Waals surface area contributed by atoms with Crippen molar-refractivity contribution >= 4 is 23.2 Å². The van der Waals surface area contributed by atoms with Gasteiger partial charge in [0.1, 0.15) is 6.61 Å². The first-order valence-electron chi connectivity index (χ1n) is 6.97.